The van der Waals surface area contributed by atoms with Gasteiger partial charge in [0.25, 0.3) is 0 Å². The van der Waals surface area contributed by atoms with Crippen LogP contribution in [0.25, 0.3) is 0 Å². The van der Waals surface area contributed by atoms with Gasteiger partial charge in [-0.25, -0.2) is 0 Å². The standard InChI is InChI=1S/C11H19NO3/c1-8-3-4-9(15-8)7-11(10(13)14)5-2-6-12-11/h8-9,12H,2-7H2,1H3,(H,13,14). The molecular formula is C11H19NO3. The van der Waals surface area contributed by atoms with Crippen molar-refractivity contribution in [1.82, 2.24) is 5.32 Å². The van der Waals surface area contributed by atoms with Crippen LogP contribution in [0.3, 0.4) is 0 Å². The van der Waals surface area contributed by atoms with E-state index >= 15 is 0 Å². The van der Waals surface area contributed by atoms with Crippen molar-refractivity contribution in [1.29, 1.82) is 0 Å². The molecule has 3 unspecified atom stereocenters. The van der Waals surface area contributed by atoms with Gasteiger partial charge in [-0.15, -0.1) is 0 Å². The summed E-state index contributed by atoms with van der Waals surface area (Å²) in [7, 11) is 0. The first-order chi connectivity index (χ1) is 7.12. The van der Waals surface area contributed by atoms with Gasteiger partial charge in [-0.3, -0.25) is 4.79 Å². The van der Waals surface area contributed by atoms with E-state index in [4.69, 9.17) is 4.74 Å². The maximum atomic E-state index is 11.3. The molecule has 0 spiro atoms. The van der Waals surface area contributed by atoms with Gasteiger partial charge in [-0.2, -0.15) is 0 Å². The fourth-order valence-corrected chi connectivity index (χ4v) is 2.67. The first-order valence-corrected chi connectivity index (χ1v) is 5.76. The van der Waals surface area contributed by atoms with E-state index in [-0.39, 0.29) is 6.10 Å². The van der Waals surface area contributed by atoms with Gasteiger partial charge < -0.3 is 15.2 Å². The van der Waals surface area contributed by atoms with Crippen LogP contribution in [0.5, 0.6) is 0 Å². The molecule has 0 aromatic rings. The average molecular weight is 213 g/mol. The highest BCUT2D eigenvalue weighted by atomic mass is 16.5. The zero-order chi connectivity index (χ0) is 10.9. The van der Waals surface area contributed by atoms with Gasteiger partial charge in [0.15, 0.2) is 0 Å². The Morgan fingerprint density at radius 3 is 2.87 bits per heavy atom. The Morgan fingerprint density at radius 1 is 1.60 bits per heavy atom. The summed E-state index contributed by atoms with van der Waals surface area (Å²) in [6.45, 7) is 2.87. The van der Waals surface area contributed by atoms with Crippen LogP contribution in [0.4, 0.5) is 0 Å². The van der Waals surface area contributed by atoms with Gasteiger partial charge in [0, 0.05) is 6.42 Å². The number of ether oxygens (including phenoxy) is 1. The summed E-state index contributed by atoms with van der Waals surface area (Å²) in [4.78, 5) is 11.3. The van der Waals surface area contributed by atoms with Gasteiger partial charge in [-0.05, 0) is 39.2 Å². The molecule has 15 heavy (non-hydrogen) atoms. The molecule has 86 valence electrons. The fourth-order valence-electron chi connectivity index (χ4n) is 2.67. The molecule has 2 aliphatic heterocycles. The molecule has 0 radical (unpaired) electrons. The van der Waals surface area contributed by atoms with Crippen LogP contribution in [-0.4, -0.2) is 35.4 Å². The topological polar surface area (TPSA) is 58.6 Å². The SMILES string of the molecule is CC1CCC(CC2(C(=O)O)CCCN2)O1. The Hall–Kier alpha value is -0.610. The summed E-state index contributed by atoms with van der Waals surface area (Å²) in [5.74, 6) is -0.719. The highest BCUT2D eigenvalue weighted by Gasteiger charge is 2.44. The van der Waals surface area contributed by atoms with Crippen molar-refractivity contribution in [2.75, 3.05) is 6.54 Å². The molecule has 0 bridgehead atoms. The Balaban J connectivity index is 1.98. The normalized spacial score (nSPS) is 40.9. The summed E-state index contributed by atoms with van der Waals surface area (Å²) >= 11 is 0. The second kappa shape index (κ2) is 4.10. The van der Waals surface area contributed by atoms with Gasteiger partial charge in [-0.1, -0.05) is 0 Å². The predicted octanol–water partition coefficient (Wildman–Crippen LogP) is 1.15. The predicted molar refractivity (Wildman–Crippen MR) is 55.8 cm³/mol. The maximum absolute atomic E-state index is 11.3. The maximum Gasteiger partial charge on any atom is 0.323 e. The number of carboxylic acids is 1. The molecule has 2 rings (SSSR count). The average Bonchev–Trinajstić information content (AvgIpc) is 2.77. The van der Waals surface area contributed by atoms with Crippen LogP contribution in [0.15, 0.2) is 0 Å². The minimum absolute atomic E-state index is 0.127. The summed E-state index contributed by atoms with van der Waals surface area (Å²) in [5, 5.41) is 12.4. The molecule has 4 nitrogen and oxygen atoms in total. The number of carbonyl (C=O) groups is 1. The van der Waals surface area contributed by atoms with Crippen molar-refractivity contribution >= 4 is 5.97 Å². The van der Waals surface area contributed by atoms with Gasteiger partial charge in [0.1, 0.15) is 5.54 Å². The molecule has 2 N–H and O–H groups in total. The summed E-state index contributed by atoms with van der Waals surface area (Å²) < 4.78 is 5.70. The summed E-state index contributed by atoms with van der Waals surface area (Å²) in [6.07, 6.45) is 4.78. The molecule has 0 saturated carbocycles. The van der Waals surface area contributed by atoms with Crippen LogP contribution >= 0.6 is 0 Å². The lowest BCUT2D eigenvalue weighted by Crippen LogP contribution is -2.49. The highest BCUT2D eigenvalue weighted by Crippen LogP contribution is 2.31. The van der Waals surface area contributed by atoms with Crippen molar-refractivity contribution in [3.05, 3.63) is 0 Å². The third-order valence-corrected chi connectivity index (χ3v) is 3.55. The lowest BCUT2D eigenvalue weighted by molar-refractivity contribution is -0.146. The molecule has 2 fully saturated rings. The molecule has 2 aliphatic rings. The Bertz CT molecular complexity index is 248. The van der Waals surface area contributed by atoms with E-state index in [2.05, 4.69) is 12.2 Å². The number of aliphatic carboxylic acids is 1. The second-order valence-electron chi connectivity index (χ2n) is 4.77. The molecule has 0 amide bonds. The van der Waals surface area contributed by atoms with Crippen molar-refractivity contribution < 1.29 is 14.6 Å². The van der Waals surface area contributed by atoms with E-state index in [0.29, 0.717) is 12.5 Å². The number of nitrogens with one attached hydrogen (secondary N) is 1. The van der Waals surface area contributed by atoms with Crippen LogP contribution in [0.1, 0.15) is 39.0 Å². The third kappa shape index (κ3) is 2.16. The second-order valence-corrected chi connectivity index (χ2v) is 4.77. The van der Waals surface area contributed by atoms with E-state index in [1.165, 1.54) is 0 Å². The van der Waals surface area contributed by atoms with Crippen LogP contribution in [-0.2, 0) is 9.53 Å². The van der Waals surface area contributed by atoms with Crippen molar-refractivity contribution in [3.63, 3.8) is 0 Å². The molecule has 2 heterocycles. The quantitative estimate of drug-likeness (QED) is 0.738. The smallest absolute Gasteiger partial charge is 0.323 e. The molecule has 3 atom stereocenters. The first-order valence-electron chi connectivity index (χ1n) is 5.76. The third-order valence-electron chi connectivity index (χ3n) is 3.55. The summed E-state index contributed by atoms with van der Waals surface area (Å²) in [6, 6.07) is 0. The molecule has 0 aromatic heterocycles. The number of carboxylic acid groups (broad SMARTS) is 1. The Labute approximate surface area is 90.0 Å². The number of rotatable bonds is 3. The number of hydrogen-bond acceptors (Lipinski definition) is 3. The van der Waals surface area contributed by atoms with Gasteiger partial charge in [0.05, 0.1) is 12.2 Å². The monoisotopic (exact) mass is 213 g/mol. The molecule has 0 aromatic carbocycles. The lowest BCUT2D eigenvalue weighted by Gasteiger charge is -2.27. The number of hydrogen-bond donors (Lipinski definition) is 2. The van der Waals surface area contributed by atoms with E-state index < -0.39 is 11.5 Å². The first kappa shape index (κ1) is 10.9. The van der Waals surface area contributed by atoms with E-state index in [0.717, 1.165) is 32.2 Å². The molecular weight excluding hydrogens is 194 g/mol. The molecule has 0 aliphatic carbocycles. The van der Waals surface area contributed by atoms with Crippen LogP contribution < -0.4 is 5.32 Å². The van der Waals surface area contributed by atoms with Crippen molar-refractivity contribution in [3.8, 4) is 0 Å². The van der Waals surface area contributed by atoms with E-state index in [1.54, 1.807) is 0 Å². The molecule has 2 saturated heterocycles. The molecule has 4 heteroatoms. The van der Waals surface area contributed by atoms with Crippen LogP contribution in [0.2, 0.25) is 0 Å². The highest BCUT2D eigenvalue weighted by molar-refractivity contribution is 5.79. The van der Waals surface area contributed by atoms with Gasteiger partial charge >= 0.3 is 5.97 Å². The fraction of sp³-hybridized carbons (Fsp3) is 0.909. The Morgan fingerprint density at radius 2 is 2.40 bits per heavy atom. The van der Waals surface area contributed by atoms with E-state index in [1.807, 2.05) is 0 Å². The van der Waals surface area contributed by atoms with Crippen molar-refractivity contribution in [2.45, 2.75) is 56.8 Å². The Kier molecular flexibility index (Phi) is 2.98. The summed E-state index contributed by atoms with van der Waals surface area (Å²) in [5.41, 5.74) is -0.714. The minimum Gasteiger partial charge on any atom is -0.480 e. The zero-order valence-corrected chi connectivity index (χ0v) is 9.16. The van der Waals surface area contributed by atoms with E-state index in [9.17, 15) is 9.90 Å². The largest absolute Gasteiger partial charge is 0.480 e. The lowest BCUT2D eigenvalue weighted by atomic mass is 9.89. The van der Waals surface area contributed by atoms with Gasteiger partial charge in [0.2, 0.25) is 0 Å². The van der Waals surface area contributed by atoms with Crippen LogP contribution in [0, 0.1) is 0 Å². The minimum atomic E-state index is -0.719. The zero-order valence-electron chi connectivity index (χ0n) is 9.16. The van der Waals surface area contributed by atoms with Crippen molar-refractivity contribution in [2.24, 2.45) is 0 Å².